The summed E-state index contributed by atoms with van der Waals surface area (Å²) in [7, 11) is 0. The molecule has 1 aromatic heterocycles. The zero-order valence-electron chi connectivity index (χ0n) is 20.8. The Hall–Kier alpha value is -3.58. The summed E-state index contributed by atoms with van der Waals surface area (Å²) in [5, 5.41) is 14.2. The van der Waals surface area contributed by atoms with Gasteiger partial charge in [0, 0.05) is 12.7 Å². The molecule has 202 valence electrons. The van der Waals surface area contributed by atoms with Gasteiger partial charge in [-0.25, -0.2) is 9.59 Å². The summed E-state index contributed by atoms with van der Waals surface area (Å²) in [4.78, 5) is 39.7. The van der Waals surface area contributed by atoms with Crippen molar-refractivity contribution in [2.45, 2.75) is 44.2 Å². The van der Waals surface area contributed by atoms with Gasteiger partial charge in [0.25, 0.3) is 0 Å². The van der Waals surface area contributed by atoms with Crippen LogP contribution in [0.1, 0.15) is 25.1 Å². The first kappa shape index (κ1) is 26.0. The van der Waals surface area contributed by atoms with Gasteiger partial charge in [0.15, 0.2) is 12.5 Å². The minimum absolute atomic E-state index is 0.0143. The molecule has 2 saturated heterocycles. The number of carboxylic acid groups (broad SMARTS) is 1. The Balaban J connectivity index is 1.29. The van der Waals surface area contributed by atoms with Crippen LogP contribution in [0.4, 0.5) is 10.6 Å². The zero-order chi connectivity index (χ0) is 26.6. The van der Waals surface area contributed by atoms with Gasteiger partial charge in [-0.05, 0) is 37.0 Å². The van der Waals surface area contributed by atoms with Crippen LogP contribution in [0.2, 0.25) is 0 Å². The monoisotopic (exact) mass is 526 g/mol. The third-order valence-corrected chi connectivity index (χ3v) is 6.65. The molecule has 1 saturated carbocycles. The Kier molecular flexibility index (Phi) is 7.84. The first-order valence-electron chi connectivity index (χ1n) is 12.6. The fraction of sp³-hybridized carbons (Fsp3) is 0.462. The van der Waals surface area contributed by atoms with Crippen molar-refractivity contribution < 1.29 is 33.6 Å². The highest BCUT2D eigenvalue weighted by Gasteiger charge is 2.53. The quantitative estimate of drug-likeness (QED) is 0.421. The van der Waals surface area contributed by atoms with Crippen LogP contribution in [0.5, 0.6) is 0 Å². The highest BCUT2D eigenvalue weighted by Crippen LogP contribution is 2.41. The number of nitrogens with zero attached hydrogens (tertiary/aromatic N) is 2. The summed E-state index contributed by atoms with van der Waals surface area (Å²) >= 11 is 0. The second-order valence-electron chi connectivity index (χ2n) is 9.37. The molecule has 3 N–H and O–H groups in total. The van der Waals surface area contributed by atoms with E-state index in [1.165, 1.54) is 16.8 Å². The third-order valence-electron chi connectivity index (χ3n) is 6.65. The van der Waals surface area contributed by atoms with Gasteiger partial charge in [-0.1, -0.05) is 36.4 Å². The molecule has 38 heavy (non-hydrogen) atoms. The molecule has 2 amide bonds. The number of amides is 2. The summed E-state index contributed by atoms with van der Waals surface area (Å²) in [6, 6.07) is 10.7. The summed E-state index contributed by atoms with van der Waals surface area (Å²) in [5.41, 5.74) is 0.358. The number of benzene rings is 1. The maximum atomic E-state index is 12.9. The van der Waals surface area contributed by atoms with E-state index in [4.69, 9.17) is 24.1 Å². The molecule has 12 heteroatoms. The van der Waals surface area contributed by atoms with E-state index >= 15 is 0 Å². The van der Waals surface area contributed by atoms with E-state index < -0.39 is 48.5 Å². The summed E-state index contributed by atoms with van der Waals surface area (Å²) < 4.78 is 25.5. The van der Waals surface area contributed by atoms with Gasteiger partial charge < -0.3 is 29.4 Å². The zero-order valence-corrected chi connectivity index (χ0v) is 20.8. The number of urea groups is 1. The summed E-state index contributed by atoms with van der Waals surface area (Å²) in [6.07, 6.45) is 2.56. The standard InChI is InChI=1S/C26H30N4O8/c1-2-27-25(33)28-19-10-11-30(26(34)29-19)23-22-21(18(36-23)14-35-13-16-12-17(16)24(31)32)37-20(38-22)9-8-15-6-4-3-5-7-15/h3-11,16-18,20-23H,2,12-14H2,1H3,(H,31,32)(H2,27,28,29,33,34)/b9-8+/t16?,17?,18-,20+,21?,22?,23-/m1/s1. The Morgan fingerprint density at radius 1 is 1.16 bits per heavy atom. The molecule has 7 atom stereocenters. The highest BCUT2D eigenvalue weighted by molar-refractivity contribution is 5.87. The van der Waals surface area contributed by atoms with Crippen molar-refractivity contribution in [3.05, 3.63) is 64.7 Å². The number of hydrogen-bond donors (Lipinski definition) is 3. The molecule has 0 bridgehead atoms. The number of carbonyl (C=O) groups is 2. The molecular formula is C26H30N4O8. The van der Waals surface area contributed by atoms with Gasteiger partial charge in [0.1, 0.15) is 24.1 Å². The van der Waals surface area contributed by atoms with E-state index in [0.29, 0.717) is 19.6 Å². The molecule has 3 fully saturated rings. The van der Waals surface area contributed by atoms with Crippen molar-refractivity contribution >= 4 is 23.9 Å². The van der Waals surface area contributed by atoms with Gasteiger partial charge in [-0.15, -0.1) is 0 Å². The molecule has 1 aromatic carbocycles. The van der Waals surface area contributed by atoms with Gasteiger partial charge in [-0.3, -0.25) is 14.7 Å². The van der Waals surface area contributed by atoms with E-state index in [1.54, 1.807) is 13.0 Å². The Morgan fingerprint density at radius 3 is 2.66 bits per heavy atom. The average molecular weight is 527 g/mol. The normalized spacial score (nSPS) is 29.8. The van der Waals surface area contributed by atoms with E-state index in [1.807, 2.05) is 36.4 Å². The number of anilines is 1. The van der Waals surface area contributed by atoms with Crippen LogP contribution in [0, 0.1) is 11.8 Å². The fourth-order valence-corrected chi connectivity index (χ4v) is 4.63. The smallest absolute Gasteiger partial charge is 0.351 e. The third kappa shape index (κ3) is 5.94. The van der Waals surface area contributed by atoms with Crippen molar-refractivity contribution in [2.75, 3.05) is 25.1 Å². The highest BCUT2D eigenvalue weighted by atomic mass is 16.8. The molecule has 3 aliphatic rings. The Labute approximate surface area is 218 Å². The Bertz CT molecular complexity index is 1240. The number of hydrogen-bond acceptors (Lipinski definition) is 8. The largest absolute Gasteiger partial charge is 0.481 e. The number of carbonyl (C=O) groups excluding carboxylic acids is 1. The van der Waals surface area contributed by atoms with Gasteiger partial charge in [0.2, 0.25) is 0 Å². The van der Waals surface area contributed by atoms with Gasteiger partial charge in [0.05, 0.1) is 19.1 Å². The van der Waals surface area contributed by atoms with E-state index in [2.05, 4.69) is 15.6 Å². The van der Waals surface area contributed by atoms with Crippen LogP contribution in [0.25, 0.3) is 6.08 Å². The fourth-order valence-electron chi connectivity index (χ4n) is 4.63. The van der Waals surface area contributed by atoms with Crippen LogP contribution >= 0.6 is 0 Å². The molecule has 1 aliphatic carbocycles. The molecule has 3 heterocycles. The molecule has 0 spiro atoms. The summed E-state index contributed by atoms with van der Waals surface area (Å²) in [6.45, 7) is 2.66. The predicted molar refractivity (Wildman–Crippen MR) is 134 cm³/mol. The minimum Gasteiger partial charge on any atom is -0.481 e. The lowest BCUT2D eigenvalue weighted by Gasteiger charge is -2.20. The number of nitrogens with one attached hydrogen (secondary N) is 2. The molecule has 2 aromatic rings. The molecule has 5 rings (SSSR count). The van der Waals surface area contributed by atoms with E-state index in [0.717, 1.165) is 5.56 Å². The van der Waals surface area contributed by atoms with Crippen molar-refractivity contribution in [1.82, 2.24) is 14.9 Å². The van der Waals surface area contributed by atoms with Crippen LogP contribution in [0.15, 0.2) is 53.5 Å². The van der Waals surface area contributed by atoms with Crippen molar-refractivity contribution in [1.29, 1.82) is 0 Å². The van der Waals surface area contributed by atoms with Crippen molar-refractivity contribution in [2.24, 2.45) is 11.8 Å². The minimum atomic E-state index is -0.838. The first-order valence-corrected chi connectivity index (χ1v) is 12.6. The Morgan fingerprint density at radius 2 is 1.95 bits per heavy atom. The second-order valence-corrected chi connectivity index (χ2v) is 9.37. The average Bonchev–Trinajstić information content (AvgIpc) is 3.44. The summed E-state index contributed by atoms with van der Waals surface area (Å²) in [5.74, 6) is -1.08. The molecular weight excluding hydrogens is 496 g/mol. The van der Waals surface area contributed by atoms with E-state index in [-0.39, 0.29) is 24.3 Å². The maximum Gasteiger partial charge on any atom is 0.351 e. The predicted octanol–water partition coefficient (Wildman–Crippen LogP) is 1.84. The van der Waals surface area contributed by atoms with Crippen LogP contribution in [-0.2, 0) is 23.7 Å². The number of aliphatic carboxylic acids is 1. The lowest BCUT2D eigenvalue weighted by molar-refractivity contribution is -0.142. The molecule has 0 radical (unpaired) electrons. The lowest BCUT2D eigenvalue weighted by atomic mass is 10.1. The number of rotatable bonds is 10. The topological polar surface area (TPSA) is 150 Å². The van der Waals surface area contributed by atoms with Gasteiger partial charge >= 0.3 is 17.7 Å². The van der Waals surface area contributed by atoms with Crippen LogP contribution in [0.3, 0.4) is 0 Å². The number of ether oxygens (including phenoxy) is 4. The number of carboxylic acids is 1. The molecule has 4 unspecified atom stereocenters. The first-order chi connectivity index (χ1) is 18.4. The number of fused-ring (bicyclic) bond motifs is 1. The maximum absolute atomic E-state index is 12.9. The van der Waals surface area contributed by atoms with Crippen LogP contribution < -0.4 is 16.3 Å². The molecule has 2 aliphatic heterocycles. The number of aromatic nitrogens is 2. The van der Waals surface area contributed by atoms with Crippen molar-refractivity contribution in [3.63, 3.8) is 0 Å². The lowest BCUT2D eigenvalue weighted by Crippen LogP contribution is -2.35. The second kappa shape index (κ2) is 11.4. The molecule has 12 nitrogen and oxygen atoms in total. The van der Waals surface area contributed by atoms with E-state index in [9.17, 15) is 14.4 Å². The SMILES string of the molecule is CCNC(=O)Nc1ccn([C@@H]2O[C@H](COCC3CC3C(=O)O)C3O[C@H](/C=C/c4ccccc4)OC32)c(=O)n1. The van der Waals surface area contributed by atoms with Crippen LogP contribution in [-0.4, -0.2) is 71.0 Å². The van der Waals surface area contributed by atoms with Crippen molar-refractivity contribution in [3.8, 4) is 0 Å². The van der Waals surface area contributed by atoms with Gasteiger partial charge in [-0.2, -0.15) is 4.98 Å².